The summed E-state index contributed by atoms with van der Waals surface area (Å²) in [5.74, 6) is -0.914. The van der Waals surface area contributed by atoms with Gasteiger partial charge in [0.05, 0.1) is 19.8 Å². The van der Waals surface area contributed by atoms with Crippen molar-refractivity contribution in [3.8, 4) is 0 Å². The van der Waals surface area contributed by atoms with Gasteiger partial charge in [0.2, 0.25) is 0 Å². The minimum Gasteiger partial charge on any atom is -0.462 e. The van der Waals surface area contributed by atoms with Gasteiger partial charge in [-0.2, -0.15) is 0 Å². The van der Waals surface area contributed by atoms with Gasteiger partial charge in [-0.05, 0) is 43.4 Å². The van der Waals surface area contributed by atoms with Crippen LogP contribution in [0.5, 0.6) is 0 Å². The largest absolute Gasteiger partial charge is 0.508 e. The number of hydrogen-bond acceptors (Lipinski definition) is 9. The van der Waals surface area contributed by atoms with Gasteiger partial charge in [-0.15, -0.1) is 0 Å². The fraction of sp³-hybridized carbons (Fsp3) is 0.750. The molecule has 1 rings (SSSR count). The molecule has 194 valence electrons. The molecule has 0 bridgehead atoms. The van der Waals surface area contributed by atoms with Crippen molar-refractivity contribution in [1.82, 2.24) is 5.32 Å². The molecule has 34 heavy (non-hydrogen) atoms. The first kappa shape index (κ1) is 29.3. The van der Waals surface area contributed by atoms with Gasteiger partial charge in [0.25, 0.3) is 0 Å². The van der Waals surface area contributed by atoms with E-state index in [4.69, 9.17) is 18.9 Å². The lowest BCUT2D eigenvalue weighted by Gasteiger charge is -2.46. The maximum Gasteiger partial charge on any atom is 0.508 e. The van der Waals surface area contributed by atoms with Crippen LogP contribution in [0.1, 0.15) is 66.2 Å². The minimum atomic E-state index is -0.740. The van der Waals surface area contributed by atoms with E-state index in [-0.39, 0.29) is 62.3 Å². The number of esters is 2. The number of carbonyl (C=O) groups is 4. The number of hydrogen-bond donors (Lipinski definition) is 1. The van der Waals surface area contributed by atoms with Crippen LogP contribution in [-0.2, 0) is 33.3 Å². The van der Waals surface area contributed by atoms with Crippen molar-refractivity contribution in [3.63, 3.8) is 0 Å². The molecule has 0 spiro atoms. The van der Waals surface area contributed by atoms with Gasteiger partial charge in [-0.3, -0.25) is 4.79 Å². The standard InChI is InChI=1S/C24H39NO9/c1-6-19(26)31-13-14-32-20(27)9-10-24(5)16-18(15-23(3,4)17-24)25-21(28)33-11-8-12-34-22(29)30-7-2/h6,18H,1,7-17H2,2-5H3,(H,25,28). The highest BCUT2D eigenvalue weighted by Gasteiger charge is 2.41. The summed E-state index contributed by atoms with van der Waals surface area (Å²) in [5, 5.41) is 2.93. The Hall–Kier alpha value is -2.78. The highest BCUT2D eigenvalue weighted by Crippen LogP contribution is 2.48. The first-order valence-electron chi connectivity index (χ1n) is 11.7. The summed E-state index contributed by atoms with van der Waals surface area (Å²) < 4.78 is 24.6. The van der Waals surface area contributed by atoms with Crippen LogP contribution in [-0.4, -0.2) is 63.3 Å². The lowest BCUT2D eigenvalue weighted by molar-refractivity contribution is -0.150. The highest BCUT2D eigenvalue weighted by molar-refractivity contribution is 5.81. The lowest BCUT2D eigenvalue weighted by atomic mass is 9.61. The number of rotatable bonds is 13. The van der Waals surface area contributed by atoms with Crippen molar-refractivity contribution in [3.05, 3.63) is 12.7 Å². The molecular weight excluding hydrogens is 446 g/mol. The third-order valence-electron chi connectivity index (χ3n) is 5.46. The van der Waals surface area contributed by atoms with E-state index in [1.807, 2.05) is 0 Å². The van der Waals surface area contributed by atoms with Crippen LogP contribution in [0.2, 0.25) is 0 Å². The Kier molecular flexibility index (Phi) is 12.5. The van der Waals surface area contributed by atoms with E-state index < -0.39 is 18.2 Å². The van der Waals surface area contributed by atoms with Crippen molar-refractivity contribution in [2.45, 2.75) is 72.3 Å². The van der Waals surface area contributed by atoms with Crippen LogP contribution in [0.3, 0.4) is 0 Å². The zero-order valence-electron chi connectivity index (χ0n) is 20.8. The first-order chi connectivity index (χ1) is 16.0. The summed E-state index contributed by atoms with van der Waals surface area (Å²) in [6.45, 7) is 11.8. The molecule has 0 saturated heterocycles. The van der Waals surface area contributed by atoms with Gasteiger partial charge in [0, 0.05) is 25.0 Å². The van der Waals surface area contributed by atoms with Gasteiger partial charge < -0.3 is 29.0 Å². The van der Waals surface area contributed by atoms with Crippen LogP contribution in [0.4, 0.5) is 9.59 Å². The molecule has 1 fully saturated rings. The summed E-state index contributed by atoms with van der Waals surface area (Å²) >= 11 is 0. The average Bonchev–Trinajstić information content (AvgIpc) is 2.73. The summed E-state index contributed by atoms with van der Waals surface area (Å²) in [7, 11) is 0. The Bertz CT molecular complexity index is 707. The van der Waals surface area contributed by atoms with Crippen molar-refractivity contribution >= 4 is 24.2 Å². The van der Waals surface area contributed by atoms with Crippen LogP contribution in [0, 0.1) is 10.8 Å². The Morgan fingerprint density at radius 2 is 1.62 bits per heavy atom. The number of carbonyl (C=O) groups excluding carboxylic acids is 4. The van der Waals surface area contributed by atoms with Gasteiger partial charge in [-0.25, -0.2) is 14.4 Å². The Labute approximate surface area is 201 Å². The molecule has 1 saturated carbocycles. The van der Waals surface area contributed by atoms with E-state index in [1.165, 1.54) is 0 Å². The summed E-state index contributed by atoms with van der Waals surface area (Å²) in [6.07, 6.45) is 3.42. The molecular formula is C24H39NO9. The zero-order chi connectivity index (χ0) is 25.6. The molecule has 0 aromatic rings. The highest BCUT2D eigenvalue weighted by atomic mass is 16.7. The molecule has 0 aliphatic heterocycles. The first-order valence-corrected chi connectivity index (χ1v) is 11.7. The maximum absolute atomic E-state index is 12.2. The van der Waals surface area contributed by atoms with Gasteiger partial charge in [0.1, 0.15) is 13.2 Å². The van der Waals surface area contributed by atoms with E-state index in [0.29, 0.717) is 19.3 Å². The third kappa shape index (κ3) is 12.5. The fourth-order valence-electron chi connectivity index (χ4n) is 4.51. The molecule has 0 radical (unpaired) electrons. The monoisotopic (exact) mass is 485 g/mol. The third-order valence-corrected chi connectivity index (χ3v) is 5.46. The molecule has 1 aliphatic rings. The summed E-state index contributed by atoms with van der Waals surface area (Å²) in [5.41, 5.74) is -0.192. The number of nitrogens with one attached hydrogen (secondary N) is 1. The molecule has 0 aromatic carbocycles. The lowest BCUT2D eigenvalue weighted by Crippen LogP contribution is -2.47. The van der Waals surface area contributed by atoms with E-state index in [0.717, 1.165) is 18.9 Å². The van der Waals surface area contributed by atoms with E-state index >= 15 is 0 Å². The second-order valence-electron chi connectivity index (χ2n) is 9.51. The normalized spacial score (nSPS) is 21.0. The SMILES string of the molecule is C=CC(=O)OCCOC(=O)CCC1(C)CC(NC(=O)OCCCOC(=O)OCC)CC(C)(C)C1. The number of alkyl carbamates (subject to hydrolysis) is 1. The van der Waals surface area contributed by atoms with E-state index in [1.54, 1.807) is 6.92 Å². The summed E-state index contributed by atoms with van der Waals surface area (Å²) in [6, 6.07) is -0.0913. The molecule has 10 nitrogen and oxygen atoms in total. The Balaban J connectivity index is 2.40. The topological polar surface area (TPSA) is 126 Å². The molecule has 2 atom stereocenters. The quantitative estimate of drug-likeness (QED) is 0.179. The average molecular weight is 486 g/mol. The van der Waals surface area contributed by atoms with Crippen LogP contribution in [0.25, 0.3) is 0 Å². The minimum absolute atomic E-state index is 0.00146. The van der Waals surface area contributed by atoms with Crippen LogP contribution in [0.15, 0.2) is 12.7 Å². The van der Waals surface area contributed by atoms with Crippen molar-refractivity contribution in [2.24, 2.45) is 10.8 Å². The molecule has 0 aromatic heterocycles. The second-order valence-corrected chi connectivity index (χ2v) is 9.51. The van der Waals surface area contributed by atoms with Crippen molar-refractivity contribution < 1.29 is 42.9 Å². The Morgan fingerprint density at radius 3 is 2.29 bits per heavy atom. The molecule has 1 amide bonds. The Morgan fingerprint density at radius 1 is 0.941 bits per heavy atom. The fourth-order valence-corrected chi connectivity index (χ4v) is 4.51. The predicted octanol–water partition coefficient (Wildman–Crippen LogP) is 3.91. The van der Waals surface area contributed by atoms with Gasteiger partial charge >= 0.3 is 24.2 Å². The zero-order valence-corrected chi connectivity index (χ0v) is 20.8. The maximum atomic E-state index is 12.2. The second kappa shape index (κ2) is 14.5. The molecule has 1 N–H and O–H groups in total. The van der Waals surface area contributed by atoms with E-state index in [9.17, 15) is 19.2 Å². The van der Waals surface area contributed by atoms with E-state index in [2.05, 4.69) is 37.4 Å². The smallest absolute Gasteiger partial charge is 0.462 e. The molecule has 1 aliphatic carbocycles. The number of ether oxygens (including phenoxy) is 5. The molecule has 2 unspecified atom stereocenters. The van der Waals surface area contributed by atoms with Crippen LogP contribution < -0.4 is 5.32 Å². The van der Waals surface area contributed by atoms with Crippen molar-refractivity contribution in [2.75, 3.05) is 33.0 Å². The van der Waals surface area contributed by atoms with Gasteiger partial charge in [-0.1, -0.05) is 27.4 Å². The molecule has 10 heteroatoms. The van der Waals surface area contributed by atoms with Gasteiger partial charge in [0.15, 0.2) is 0 Å². The number of amides is 1. The molecule has 0 heterocycles. The van der Waals surface area contributed by atoms with Crippen LogP contribution >= 0.6 is 0 Å². The summed E-state index contributed by atoms with van der Waals surface area (Å²) in [4.78, 5) is 46.4. The predicted molar refractivity (Wildman–Crippen MR) is 123 cm³/mol. The van der Waals surface area contributed by atoms with Crippen molar-refractivity contribution in [1.29, 1.82) is 0 Å².